The first kappa shape index (κ1) is 13.6. The highest BCUT2D eigenvalue weighted by molar-refractivity contribution is 5.69. The molecule has 1 unspecified atom stereocenters. The minimum absolute atomic E-state index is 0.0391. The summed E-state index contributed by atoms with van der Waals surface area (Å²) in [5, 5.41) is 12.4. The van der Waals surface area contributed by atoms with Gasteiger partial charge in [0.15, 0.2) is 11.6 Å². The largest absolute Gasteiger partial charge is 0.494 e. The molecule has 1 aromatic carbocycles. The molecule has 0 heterocycles. The Labute approximate surface area is 101 Å². The second kappa shape index (κ2) is 5.23. The molecule has 0 amide bonds. The Morgan fingerprint density at radius 1 is 1.53 bits per heavy atom. The maximum atomic E-state index is 13.3. The monoisotopic (exact) mass is 242 g/mol. The van der Waals surface area contributed by atoms with E-state index in [1.165, 1.54) is 19.2 Å². The molecule has 0 spiro atoms. The summed E-state index contributed by atoms with van der Waals surface area (Å²) < 4.78 is 18.2. The zero-order chi connectivity index (χ0) is 13.1. The number of anilines is 2. The van der Waals surface area contributed by atoms with E-state index in [0.717, 1.165) is 0 Å². The van der Waals surface area contributed by atoms with Crippen LogP contribution in [0.3, 0.4) is 0 Å². The summed E-state index contributed by atoms with van der Waals surface area (Å²) in [6, 6.07) is 2.70. The number of aliphatic hydroxyl groups is 1. The third-order valence-corrected chi connectivity index (χ3v) is 2.89. The second-order valence-electron chi connectivity index (χ2n) is 4.27. The quantitative estimate of drug-likeness (QED) is 0.691. The number of halogens is 1. The Balaban J connectivity index is 3.06. The molecular formula is C12H19FN2O2. The summed E-state index contributed by atoms with van der Waals surface area (Å²) in [4.78, 5) is 0. The van der Waals surface area contributed by atoms with Crippen LogP contribution in [0.2, 0.25) is 0 Å². The van der Waals surface area contributed by atoms with Gasteiger partial charge in [-0.3, -0.25) is 0 Å². The van der Waals surface area contributed by atoms with Crippen LogP contribution in [0, 0.1) is 5.82 Å². The topological polar surface area (TPSA) is 67.5 Å². The molecule has 0 bridgehead atoms. The van der Waals surface area contributed by atoms with Gasteiger partial charge in [0.1, 0.15) is 0 Å². The van der Waals surface area contributed by atoms with Crippen LogP contribution in [0.4, 0.5) is 15.8 Å². The molecule has 17 heavy (non-hydrogen) atoms. The fraction of sp³-hybridized carbons (Fsp3) is 0.500. The Hall–Kier alpha value is -1.49. The zero-order valence-corrected chi connectivity index (χ0v) is 10.4. The normalized spacial score (nSPS) is 14.2. The number of rotatable bonds is 5. The third-order valence-electron chi connectivity index (χ3n) is 2.89. The fourth-order valence-corrected chi connectivity index (χ4v) is 1.40. The molecule has 0 aliphatic carbocycles. The van der Waals surface area contributed by atoms with Gasteiger partial charge in [-0.25, -0.2) is 4.39 Å². The van der Waals surface area contributed by atoms with E-state index in [-0.39, 0.29) is 18.0 Å². The number of hydrogen-bond acceptors (Lipinski definition) is 4. The van der Waals surface area contributed by atoms with E-state index in [4.69, 9.17) is 10.5 Å². The lowest BCUT2D eigenvalue weighted by Crippen LogP contribution is -2.38. The van der Waals surface area contributed by atoms with Crippen molar-refractivity contribution < 1.29 is 14.2 Å². The summed E-state index contributed by atoms with van der Waals surface area (Å²) in [6.45, 7) is 3.77. The van der Waals surface area contributed by atoms with Crippen molar-refractivity contribution in [2.75, 3.05) is 24.8 Å². The highest BCUT2D eigenvalue weighted by Gasteiger charge is 2.22. The van der Waals surface area contributed by atoms with Gasteiger partial charge in [0.05, 0.1) is 30.6 Å². The summed E-state index contributed by atoms with van der Waals surface area (Å²) in [5.74, 6) is -0.379. The number of nitrogen functional groups attached to an aromatic ring is 1. The molecule has 0 radical (unpaired) electrons. The first-order chi connectivity index (χ1) is 7.95. The standard InChI is InChI=1S/C12H19FN2O2/c1-4-12(2,7-16)15-10-6-11(17-3)8(13)5-9(10)14/h5-6,15-16H,4,7,14H2,1-3H3. The number of nitrogens with one attached hydrogen (secondary N) is 1. The van der Waals surface area contributed by atoms with Crippen molar-refractivity contribution in [3.8, 4) is 5.75 Å². The highest BCUT2D eigenvalue weighted by Crippen LogP contribution is 2.30. The van der Waals surface area contributed by atoms with Crippen LogP contribution in [-0.4, -0.2) is 24.4 Å². The minimum atomic E-state index is -0.502. The van der Waals surface area contributed by atoms with Gasteiger partial charge in [0.2, 0.25) is 0 Å². The van der Waals surface area contributed by atoms with E-state index < -0.39 is 11.4 Å². The van der Waals surface area contributed by atoms with E-state index in [2.05, 4.69) is 5.32 Å². The predicted octanol–water partition coefficient (Wildman–Crippen LogP) is 1.99. The average Bonchev–Trinajstić information content (AvgIpc) is 2.32. The first-order valence-electron chi connectivity index (χ1n) is 5.48. The van der Waals surface area contributed by atoms with Gasteiger partial charge >= 0.3 is 0 Å². The molecule has 1 atom stereocenters. The lowest BCUT2D eigenvalue weighted by molar-refractivity contribution is 0.219. The molecule has 0 saturated carbocycles. The van der Waals surface area contributed by atoms with Crippen LogP contribution in [0.25, 0.3) is 0 Å². The number of nitrogens with two attached hydrogens (primary N) is 1. The molecule has 5 heteroatoms. The third kappa shape index (κ3) is 3.00. The molecule has 0 aliphatic rings. The lowest BCUT2D eigenvalue weighted by Gasteiger charge is -2.29. The summed E-state index contributed by atoms with van der Waals surface area (Å²) in [5.41, 5.74) is 6.08. The Morgan fingerprint density at radius 3 is 2.65 bits per heavy atom. The number of hydrogen-bond donors (Lipinski definition) is 3. The molecule has 0 saturated heterocycles. The number of benzene rings is 1. The maximum absolute atomic E-state index is 13.3. The van der Waals surface area contributed by atoms with Crippen LogP contribution in [-0.2, 0) is 0 Å². The molecule has 1 rings (SSSR count). The lowest BCUT2D eigenvalue weighted by atomic mass is 9.99. The first-order valence-corrected chi connectivity index (χ1v) is 5.48. The molecule has 96 valence electrons. The van der Waals surface area contributed by atoms with E-state index in [9.17, 15) is 9.50 Å². The van der Waals surface area contributed by atoms with Gasteiger partial charge in [0, 0.05) is 12.1 Å². The van der Waals surface area contributed by atoms with Crippen molar-refractivity contribution in [2.24, 2.45) is 0 Å². The van der Waals surface area contributed by atoms with Crippen LogP contribution >= 0.6 is 0 Å². The van der Waals surface area contributed by atoms with Crippen molar-refractivity contribution in [3.63, 3.8) is 0 Å². The van der Waals surface area contributed by atoms with E-state index in [1.807, 2.05) is 13.8 Å². The van der Waals surface area contributed by atoms with Crippen LogP contribution < -0.4 is 15.8 Å². The SMILES string of the molecule is CCC(C)(CO)Nc1cc(OC)c(F)cc1N. The number of ether oxygens (including phenoxy) is 1. The number of methoxy groups -OCH3 is 1. The molecule has 1 aromatic rings. The van der Waals surface area contributed by atoms with Crippen molar-refractivity contribution in [3.05, 3.63) is 17.9 Å². The van der Waals surface area contributed by atoms with Gasteiger partial charge in [0.25, 0.3) is 0 Å². The number of aliphatic hydroxyl groups excluding tert-OH is 1. The van der Waals surface area contributed by atoms with Crippen molar-refractivity contribution >= 4 is 11.4 Å². The van der Waals surface area contributed by atoms with E-state index in [1.54, 1.807) is 0 Å². The van der Waals surface area contributed by atoms with Gasteiger partial charge in [-0.2, -0.15) is 0 Å². The Morgan fingerprint density at radius 2 is 2.18 bits per heavy atom. The molecule has 4 nitrogen and oxygen atoms in total. The molecule has 4 N–H and O–H groups in total. The fourth-order valence-electron chi connectivity index (χ4n) is 1.40. The van der Waals surface area contributed by atoms with E-state index >= 15 is 0 Å². The van der Waals surface area contributed by atoms with Crippen LogP contribution in [0.1, 0.15) is 20.3 Å². The summed E-state index contributed by atoms with van der Waals surface area (Å²) in [6.07, 6.45) is 0.711. The van der Waals surface area contributed by atoms with Crippen molar-refractivity contribution in [1.82, 2.24) is 0 Å². The molecule has 0 aromatic heterocycles. The van der Waals surface area contributed by atoms with Crippen LogP contribution in [0.5, 0.6) is 5.75 Å². The average molecular weight is 242 g/mol. The predicted molar refractivity (Wildman–Crippen MR) is 66.8 cm³/mol. The maximum Gasteiger partial charge on any atom is 0.167 e. The summed E-state index contributed by atoms with van der Waals surface area (Å²) in [7, 11) is 1.39. The Kier molecular flexibility index (Phi) is 4.17. The van der Waals surface area contributed by atoms with Crippen LogP contribution in [0.15, 0.2) is 12.1 Å². The van der Waals surface area contributed by atoms with Gasteiger partial charge in [-0.15, -0.1) is 0 Å². The molecular weight excluding hydrogens is 223 g/mol. The van der Waals surface area contributed by atoms with Crippen molar-refractivity contribution in [1.29, 1.82) is 0 Å². The second-order valence-corrected chi connectivity index (χ2v) is 4.27. The molecule has 0 aliphatic heterocycles. The Bertz CT molecular complexity index is 392. The van der Waals surface area contributed by atoms with Crippen molar-refractivity contribution in [2.45, 2.75) is 25.8 Å². The smallest absolute Gasteiger partial charge is 0.167 e. The summed E-state index contributed by atoms with van der Waals surface area (Å²) >= 11 is 0. The van der Waals surface area contributed by atoms with E-state index in [0.29, 0.717) is 12.1 Å². The highest BCUT2D eigenvalue weighted by atomic mass is 19.1. The zero-order valence-electron chi connectivity index (χ0n) is 10.4. The minimum Gasteiger partial charge on any atom is -0.494 e. The van der Waals surface area contributed by atoms with Gasteiger partial charge in [-0.1, -0.05) is 6.92 Å². The van der Waals surface area contributed by atoms with Gasteiger partial charge in [-0.05, 0) is 13.3 Å². The van der Waals surface area contributed by atoms with Gasteiger partial charge < -0.3 is 20.9 Å². The molecule has 0 fully saturated rings.